The minimum Gasteiger partial charge on any atom is -0.380 e. The van der Waals surface area contributed by atoms with Crippen LogP contribution in [0.15, 0.2) is 18.2 Å². The maximum Gasteiger partial charge on any atom is 0.123 e. The fourth-order valence-corrected chi connectivity index (χ4v) is 1.08. The molecule has 2 N–H and O–H groups in total. The quantitative estimate of drug-likeness (QED) is 0.742. The van der Waals surface area contributed by atoms with E-state index < -0.39 is 0 Å². The van der Waals surface area contributed by atoms with Gasteiger partial charge in [0.15, 0.2) is 0 Å². The molecule has 1 aromatic rings. The molecule has 0 radical (unpaired) electrons. The van der Waals surface area contributed by atoms with E-state index in [1.54, 1.807) is 13.2 Å². The molecule has 1 aromatic carbocycles. The van der Waals surface area contributed by atoms with E-state index in [0.29, 0.717) is 13.2 Å². The second-order valence-electron chi connectivity index (χ2n) is 2.55. The van der Waals surface area contributed by atoms with Crippen molar-refractivity contribution in [3.05, 3.63) is 35.1 Å². The first-order valence-electron chi connectivity index (χ1n) is 3.74. The lowest BCUT2D eigenvalue weighted by Gasteiger charge is -2.05. The summed E-state index contributed by atoms with van der Waals surface area (Å²) in [4.78, 5) is 0. The SMILES string of the molecule is COCc1cc(F)ccc1CN. The molecule has 0 aliphatic rings. The van der Waals surface area contributed by atoms with Gasteiger partial charge in [0.05, 0.1) is 6.61 Å². The van der Waals surface area contributed by atoms with Crippen LogP contribution in [0.25, 0.3) is 0 Å². The van der Waals surface area contributed by atoms with Crippen molar-refractivity contribution in [3.8, 4) is 0 Å². The highest BCUT2D eigenvalue weighted by Gasteiger charge is 2.01. The number of nitrogens with two attached hydrogens (primary N) is 1. The van der Waals surface area contributed by atoms with Crippen molar-refractivity contribution in [2.75, 3.05) is 7.11 Å². The number of hydrogen-bond donors (Lipinski definition) is 1. The summed E-state index contributed by atoms with van der Waals surface area (Å²) in [5, 5.41) is 0. The van der Waals surface area contributed by atoms with Crippen LogP contribution in [0.1, 0.15) is 11.1 Å². The van der Waals surface area contributed by atoms with Crippen molar-refractivity contribution in [1.29, 1.82) is 0 Å². The Balaban J connectivity index is 2.95. The zero-order chi connectivity index (χ0) is 8.97. The van der Waals surface area contributed by atoms with Gasteiger partial charge in [-0.1, -0.05) is 6.07 Å². The third-order valence-electron chi connectivity index (χ3n) is 1.69. The van der Waals surface area contributed by atoms with Crippen LogP contribution in [-0.2, 0) is 17.9 Å². The van der Waals surface area contributed by atoms with Gasteiger partial charge in [0.1, 0.15) is 5.82 Å². The molecule has 0 atom stereocenters. The smallest absolute Gasteiger partial charge is 0.123 e. The summed E-state index contributed by atoms with van der Waals surface area (Å²) < 4.78 is 17.6. The van der Waals surface area contributed by atoms with E-state index in [0.717, 1.165) is 11.1 Å². The Labute approximate surface area is 71.1 Å². The van der Waals surface area contributed by atoms with Crippen molar-refractivity contribution in [2.45, 2.75) is 13.2 Å². The first kappa shape index (κ1) is 9.16. The zero-order valence-corrected chi connectivity index (χ0v) is 7.01. The molecule has 0 aliphatic carbocycles. The molecule has 0 fully saturated rings. The molecule has 0 saturated carbocycles. The Bertz CT molecular complexity index is 263. The average molecular weight is 169 g/mol. The lowest BCUT2D eigenvalue weighted by molar-refractivity contribution is 0.184. The first-order chi connectivity index (χ1) is 5.77. The highest BCUT2D eigenvalue weighted by molar-refractivity contribution is 5.27. The molecule has 0 aromatic heterocycles. The Kier molecular flexibility index (Phi) is 3.19. The van der Waals surface area contributed by atoms with Crippen molar-refractivity contribution in [1.82, 2.24) is 0 Å². The van der Waals surface area contributed by atoms with E-state index in [9.17, 15) is 4.39 Å². The number of benzene rings is 1. The van der Waals surface area contributed by atoms with Crippen molar-refractivity contribution >= 4 is 0 Å². The topological polar surface area (TPSA) is 35.2 Å². The molecular formula is C9H12FNO. The molecule has 1 rings (SSSR count). The average Bonchev–Trinajstić information content (AvgIpc) is 2.05. The molecular weight excluding hydrogens is 157 g/mol. The fourth-order valence-electron chi connectivity index (χ4n) is 1.08. The maximum absolute atomic E-state index is 12.7. The van der Waals surface area contributed by atoms with Gasteiger partial charge in [0, 0.05) is 13.7 Å². The molecule has 12 heavy (non-hydrogen) atoms. The van der Waals surface area contributed by atoms with E-state index in [2.05, 4.69) is 0 Å². The second-order valence-corrected chi connectivity index (χ2v) is 2.55. The van der Waals surface area contributed by atoms with Gasteiger partial charge in [-0.25, -0.2) is 4.39 Å². The zero-order valence-electron chi connectivity index (χ0n) is 7.01. The van der Waals surface area contributed by atoms with Gasteiger partial charge in [0.2, 0.25) is 0 Å². The Morgan fingerprint density at radius 1 is 1.42 bits per heavy atom. The Morgan fingerprint density at radius 3 is 2.75 bits per heavy atom. The molecule has 0 bridgehead atoms. The van der Waals surface area contributed by atoms with Crippen LogP contribution in [-0.4, -0.2) is 7.11 Å². The van der Waals surface area contributed by atoms with Crippen molar-refractivity contribution < 1.29 is 9.13 Å². The molecule has 66 valence electrons. The third kappa shape index (κ3) is 2.03. The second kappa shape index (κ2) is 4.18. The molecule has 0 heterocycles. The van der Waals surface area contributed by atoms with E-state index in [1.807, 2.05) is 0 Å². The number of rotatable bonds is 3. The van der Waals surface area contributed by atoms with Gasteiger partial charge in [-0.15, -0.1) is 0 Å². The number of ether oxygens (including phenoxy) is 1. The largest absolute Gasteiger partial charge is 0.380 e. The van der Waals surface area contributed by atoms with Gasteiger partial charge < -0.3 is 10.5 Å². The van der Waals surface area contributed by atoms with Crippen LogP contribution >= 0.6 is 0 Å². The molecule has 0 unspecified atom stereocenters. The van der Waals surface area contributed by atoms with Crippen LogP contribution in [0, 0.1) is 5.82 Å². The molecule has 3 heteroatoms. The van der Waals surface area contributed by atoms with E-state index >= 15 is 0 Å². The van der Waals surface area contributed by atoms with E-state index in [1.165, 1.54) is 12.1 Å². The summed E-state index contributed by atoms with van der Waals surface area (Å²) >= 11 is 0. The predicted molar refractivity (Wildman–Crippen MR) is 45.0 cm³/mol. The van der Waals surface area contributed by atoms with Crippen LogP contribution in [0.4, 0.5) is 4.39 Å². The minimum absolute atomic E-state index is 0.251. The van der Waals surface area contributed by atoms with Crippen molar-refractivity contribution in [3.63, 3.8) is 0 Å². The summed E-state index contributed by atoms with van der Waals surface area (Å²) in [5.74, 6) is -0.251. The summed E-state index contributed by atoms with van der Waals surface area (Å²) in [5.41, 5.74) is 7.20. The maximum atomic E-state index is 12.7. The highest BCUT2D eigenvalue weighted by atomic mass is 19.1. The highest BCUT2D eigenvalue weighted by Crippen LogP contribution is 2.11. The number of hydrogen-bond acceptors (Lipinski definition) is 2. The van der Waals surface area contributed by atoms with Crippen LogP contribution in [0.3, 0.4) is 0 Å². The summed E-state index contributed by atoms with van der Waals surface area (Å²) in [6.07, 6.45) is 0. The predicted octanol–water partition coefficient (Wildman–Crippen LogP) is 1.43. The summed E-state index contributed by atoms with van der Waals surface area (Å²) in [6, 6.07) is 4.54. The molecule has 0 aliphatic heterocycles. The van der Waals surface area contributed by atoms with Crippen molar-refractivity contribution in [2.24, 2.45) is 5.73 Å². The summed E-state index contributed by atoms with van der Waals surface area (Å²) in [7, 11) is 1.57. The van der Waals surface area contributed by atoms with Gasteiger partial charge in [-0.05, 0) is 23.3 Å². The minimum atomic E-state index is -0.251. The number of halogens is 1. The lowest BCUT2D eigenvalue weighted by Crippen LogP contribution is -2.02. The third-order valence-corrected chi connectivity index (χ3v) is 1.69. The van der Waals surface area contributed by atoms with Crippen LogP contribution < -0.4 is 5.73 Å². The lowest BCUT2D eigenvalue weighted by atomic mass is 10.1. The standard InChI is InChI=1S/C9H12FNO/c1-12-6-8-4-9(10)3-2-7(8)5-11/h2-4H,5-6,11H2,1H3. The fraction of sp³-hybridized carbons (Fsp3) is 0.333. The normalized spacial score (nSPS) is 10.2. The van der Waals surface area contributed by atoms with Gasteiger partial charge in [-0.3, -0.25) is 0 Å². The first-order valence-corrected chi connectivity index (χ1v) is 3.74. The molecule has 2 nitrogen and oxygen atoms in total. The van der Waals surface area contributed by atoms with Gasteiger partial charge in [0.25, 0.3) is 0 Å². The molecule has 0 saturated heterocycles. The van der Waals surface area contributed by atoms with E-state index in [4.69, 9.17) is 10.5 Å². The molecule has 0 amide bonds. The van der Waals surface area contributed by atoms with E-state index in [-0.39, 0.29) is 5.82 Å². The van der Waals surface area contributed by atoms with Gasteiger partial charge in [-0.2, -0.15) is 0 Å². The van der Waals surface area contributed by atoms with Gasteiger partial charge >= 0.3 is 0 Å². The number of methoxy groups -OCH3 is 1. The Morgan fingerprint density at radius 2 is 2.17 bits per heavy atom. The summed E-state index contributed by atoms with van der Waals surface area (Å²) in [6.45, 7) is 0.823. The Hall–Kier alpha value is -0.930. The van der Waals surface area contributed by atoms with Crippen LogP contribution in [0.2, 0.25) is 0 Å². The monoisotopic (exact) mass is 169 g/mol. The van der Waals surface area contributed by atoms with Crippen LogP contribution in [0.5, 0.6) is 0 Å². The molecule has 0 spiro atoms.